The van der Waals surface area contributed by atoms with E-state index in [0.29, 0.717) is 37.7 Å². The van der Waals surface area contributed by atoms with Crippen LogP contribution in [0.25, 0.3) is 0 Å². The van der Waals surface area contributed by atoms with E-state index in [4.69, 9.17) is 10.6 Å². The summed E-state index contributed by atoms with van der Waals surface area (Å²) in [5.74, 6) is 1.16. The van der Waals surface area contributed by atoms with Crippen molar-refractivity contribution in [1.82, 2.24) is 19.8 Å². The van der Waals surface area contributed by atoms with Crippen LogP contribution in [0.3, 0.4) is 0 Å². The van der Waals surface area contributed by atoms with Gasteiger partial charge in [0.25, 0.3) is 5.91 Å². The number of nitrogens with two attached hydrogens (primary N) is 1. The normalized spacial score (nSPS) is 21.6. The number of nitrogens with zero attached hydrogens (tertiary/aromatic N) is 5. The predicted octanol–water partition coefficient (Wildman–Crippen LogP) is 1.28. The first-order valence-corrected chi connectivity index (χ1v) is 9.44. The average Bonchev–Trinajstić information content (AvgIpc) is 3.38. The number of carbonyl (C=O) groups excluding carboxylic acids is 1. The number of anilines is 1. The maximum atomic E-state index is 12.9. The van der Waals surface area contributed by atoms with E-state index in [9.17, 15) is 4.79 Å². The highest BCUT2D eigenvalue weighted by Gasteiger charge is 2.36. The van der Waals surface area contributed by atoms with Crippen LogP contribution < -0.4 is 5.73 Å². The number of rotatable bonds is 5. The maximum absolute atomic E-state index is 12.9. The van der Waals surface area contributed by atoms with Gasteiger partial charge in [0.1, 0.15) is 11.6 Å². The summed E-state index contributed by atoms with van der Waals surface area (Å²) >= 11 is 0. The molecule has 1 aromatic heterocycles. The highest BCUT2D eigenvalue weighted by atomic mass is 16.6. The van der Waals surface area contributed by atoms with Crippen molar-refractivity contribution < 1.29 is 9.63 Å². The average molecular weight is 380 g/mol. The third-order valence-corrected chi connectivity index (χ3v) is 5.27. The summed E-state index contributed by atoms with van der Waals surface area (Å²) in [6.07, 6.45) is 2.55. The molecule has 0 aliphatic carbocycles. The maximum Gasteiger partial charge on any atom is 0.266 e. The third kappa shape index (κ3) is 3.96. The van der Waals surface area contributed by atoms with Crippen LogP contribution in [-0.4, -0.2) is 63.7 Å². The van der Waals surface area contributed by atoms with Crippen molar-refractivity contribution in [3.8, 4) is 0 Å². The minimum atomic E-state index is -0.531. The first-order chi connectivity index (χ1) is 13.6. The lowest BCUT2D eigenvalue weighted by Crippen LogP contribution is -2.40. The summed E-state index contributed by atoms with van der Waals surface area (Å²) in [4.78, 5) is 30.9. The van der Waals surface area contributed by atoms with Gasteiger partial charge in [-0.15, -0.1) is 0 Å². The zero-order valence-corrected chi connectivity index (χ0v) is 15.9. The summed E-state index contributed by atoms with van der Waals surface area (Å²) in [5, 5.41) is 4.13. The first-order valence-electron chi connectivity index (χ1n) is 9.44. The number of carbonyl (C=O) groups is 1. The predicted molar refractivity (Wildman–Crippen MR) is 105 cm³/mol. The van der Waals surface area contributed by atoms with Gasteiger partial charge in [-0.05, 0) is 25.1 Å². The molecule has 0 saturated carbocycles. The van der Waals surface area contributed by atoms with Gasteiger partial charge >= 0.3 is 0 Å². The Morgan fingerprint density at radius 3 is 2.93 bits per heavy atom. The third-order valence-electron chi connectivity index (χ3n) is 5.27. The van der Waals surface area contributed by atoms with Gasteiger partial charge in [-0.25, -0.2) is 9.97 Å². The first kappa shape index (κ1) is 18.4. The molecule has 0 bridgehead atoms. The minimum absolute atomic E-state index is 0.00536. The van der Waals surface area contributed by atoms with Gasteiger partial charge in [0.2, 0.25) is 6.10 Å². The number of oxime groups is 1. The number of hydrogen-bond acceptors (Lipinski definition) is 7. The van der Waals surface area contributed by atoms with E-state index in [1.807, 2.05) is 42.3 Å². The fourth-order valence-corrected chi connectivity index (χ4v) is 3.66. The van der Waals surface area contributed by atoms with E-state index in [-0.39, 0.29) is 11.9 Å². The molecule has 2 atom stereocenters. The van der Waals surface area contributed by atoms with Gasteiger partial charge < -0.3 is 15.5 Å². The smallest absolute Gasteiger partial charge is 0.266 e. The number of nitrogen functional groups attached to an aromatic ring is 1. The molecule has 8 nitrogen and oxygen atoms in total. The summed E-state index contributed by atoms with van der Waals surface area (Å²) in [7, 11) is 2.02. The van der Waals surface area contributed by atoms with Gasteiger partial charge in [-0.2, -0.15) is 0 Å². The Labute approximate surface area is 164 Å². The molecule has 146 valence electrons. The highest BCUT2D eigenvalue weighted by Crippen LogP contribution is 2.22. The second-order valence-corrected chi connectivity index (χ2v) is 7.24. The van der Waals surface area contributed by atoms with E-state index in [1.165, 1.54) is 0 Å². The molecule has 0 spiro atoms. The Morgan fingerprint density at radius 1 is 1.32 bits per heavy atom. The zero-order valence-electron chi connectivity index (χ0n) is 15.9. The lowest BCUT2D eigenvalue weighted by molar-refractivity contribution is -0.141. The number of amides is 1. The Balaban J connectivity index is 1.31. The molecule has 2 aliphatic heterocycles. The lowest BCUT2D eigenvalue weighted by Gasteiger charge is -2.24. The zero-order chi connectivity index (χ0) is 19.5. The van der Waals surface area contributed by atoms with Crippen LogP contribution in [0.5, 0.6) is 0 Å². The summed E-state index contributed by atoms with van der Waals surface area (Å²) in [5.41, 5.74) is 7.55. The Kier molecular flexibility index (Phi) is 5.21. The highest BCUT2D eigenvalue weighted by molar-refractivity contribution is 6.04. The standard InChI is InChI=1S/C20H24N6O2/c1-25(13-19-22-9-7-18(21)23-19)15-8-10-26(12-15)20(27)17-11-16(24-28-17)14-5-3-2-4-6-14/h2-7,9,15,17H,8,10-13H2,1H3,(H2,21,22,23)/t15-,17+/m1/s1. The quantitative estimate of drug-likeness (QED) is 0.839. The van der Waals surface area contributed by atoms with Crippen molar-refractivity contribution in [1.29, 1.82) is 0 Å². The van der Waals surface area contributed by atoms with Gasteiger partial charge in [0.05, 0.1) is 12.3 Å². The van der Waals surface area contributed by atoms with Gasteiger partial charge in [-0.3, -0.25) is 9.69 Å². The Hall–Kier alpha value is -3.00. The van der Waals surface area contributed by atoms with Crippen LogP contribution >= 0.6 is 0 Å². The second kappa shape index (κ2) is 7.93. The van der Waals surface area contributed by atoms with Crippen molar-refractivity contribution in [3.63, 3.8) is 0 Å². The number of aromatic nitrogens is 2. The van der Waals surface area contributed by atoms with Crippen molar-refractivity contribution in [3.05, 3.63) is 54.0 Å². The molecule has 8 heteroatoms. The number of likely N-dealkylation sites (tertiary alicyclic amines) is 1. The molecule has 1 saturated heterocycles. The summed E-state index contributed by atoms with van der Waals surface area (Å²) < 4.78 is 0. The topological polar surface area (TPSA) is 96.9 Å². The molecular formula is C20H24N6O2. The summed E-state index contributed by atoms with van der Waals surface area (Å²) in [6.45, 7) is 1.98. The molecule has 2 aliphatic rings. The second-order valence-electron chi connectivity index (χ2n) is 7.24. The van der Waals surface area contributed by atoms with Crippen LogP contribution in [0.15, 0.2) is 47.8 Å². The largest absolute Gasteiger partial charge is 0.384 e. The van der Waals surface area contributed by atoms with Crippen molar-refractivity contribution in [2.75, 3.05) is 25.9 Å². The molecule has 0 radical (unpaired) electrons. The Bertz CT molecular complexity index is 872. The van der Waals surface area contributed by atoms with Crippen molar-refractivity contribution >= 4 is 17.4 Å². The number of likely N-dealkylation sites (N-methyl/N-ethyl adjacent to an activating group) is 1. The lowest BCUT2D eigenvalue weighted by atomic mass is 10.0. The molecule has 2 aromatic rings. The van der Waals surface area contributed by atoms with E-state index in [1.54, 1.807) is 12.3 Å². The molecule has 2 N–H and O–H groups in total. The van der Waals surface area contributed by atoms with E-state index >= 15 is 0 Å². The fourth-order valence-electron chi connectivity index (χ4n) is 3.66. The fraction of sp³-hybridized carbons (Fsp3) is 0.400. The number of benzene rings is 1. The van der Waals surface area contributed by atoms with E-state index < -0.39 is 6.10 Å². The molecule has 3 heterocycles. The molecule has 0 unspecified atom stereocenters. The molecule has 28 heavy (non-hydrogen) atoms. The molecule has 1 amide bonds. The van der Waals surface area contributed by atoms with Gasteiger partial charge in [-0.1, -0.05) is 35.5 Å². The summed E-state index contributed by atoms with van der Waals surface area (Å²) in [6, 6.07) is 11.8. The van der Waals surface area contributed by atoms with E-state index in [2.05, 4.69) is 20.0 Å². The monoisotopic (exact) mass is 380 g/mol. The molecule has 4 rings (SSSR count). The molecule has 1 fully saturated rings. The minimum Gasteiger partial charge on any atom is -0.384 e. The van der Waals surface area contributed by atoms with Gasteiger partial charge in [0.15, 0.2) is 0 Å². The Morgan fingerprint density at radius 2 is 2.14 bits per heavy atom. The SMILES string of the molecule is CN(Cc1nccc(N)n1)[C@@H]1CCN(C(=O)[C@@H]2CC(c3ccccc3)=NO2)C1. The number of hydrogen-bond donors (Lipinski definition) is 1. The van der Waals surface area contributed by atoms with Crippen LogP contribution in [0.4, 0.5) is 5.82 Å². The molecule has 1 aromatic carbocycles. The van der Waals surface area contributed by atoms with Crippen LogP contribution in [0, 0.1) is 0 Å². The molecular weight excluding hydrogens is 356 g/mol. The van der Waals surface area contributed by atoms with Crippen LogP contribution in [0.1, 0.15) is 24.2 Å². The van der Waals surface area contributed by atoms with Gasteiger partial charge in [0, 0.05) is 31.7 Å². The van der Waals surface area contributed by atoms with E-state index in [0.717, 1.165) is 17.7 Å². The van der Waals surface area contributed by atoms with Crippen LogP contribution in [-0.2, 0) is 16.2 Å². The van der Waals surface area contributed by atoms with Crippen LogP contribution in [0.2, 0.25) is 0 Å². The van der Waals surface area contributed by atoms with Crippen molar-refractivity contribution in [2.45, 2.75) is 31.5 Å². The van der Waals surface area contributed by atoms with Crippen molar-refractivity contribution in [2.24, 2.45) is 5.16 Å².